The minimum Gasteiger partial charge on any atom is -0.484 e. The van der Waals surface area contributed by atoms with Crippen LogP contribution in [-0.4, -0.2) is 38.5 Å². The molecule has 0 aliphatic carbocycles. The Morgan fingerprint density at radius 2 is 2.04 bits per heavy atom. The standard InChI is InChI=1S/C15H22F3N3O2/c1-2-22-9-5-8-20-14(19)21-10-12-6-3-4-7-13(12)23-11-15(16,17)18/h3-4,6-7H,2,5,8-11H2,1H3,(H3,19,20,21). The summed E-state index contributed by atoms with van der Waals surface area (Å²) in [6, 6.07) is 6.44. The molecule has 5 nitrogen and oxygen atoms in total. The third kappa shape index (κ3) is 8.92. The number of nitrogens with two attached hydrogens (primary N) is 1. The largest absolute Gasteiger partial charge is 0.484 e. The van der Waals surface area contributed by atoms with Crippen molar-refractivity contribution in [2.75, 3.05) is 26.4 Å². The molecule has 0 heterocycles. The summed E-state index contributed by atoms with van der Waals surface area (Å²) in [5.74, 6) is 0.379. The van der Waals surface area contributed by atoms with E-state index in [-0.39, 0.29) is 18.3 Å². The van der Waals surface area contributed by atoms with Crippen LogP contribution in [0.25, 0.3) is 0 Å². The summed E-state index contributed by atoms with van der Waals surface area (Å²) >= 11 is 0. The fraction of sp³-hybridized carbons (Fsp3) is 0.533. The number of nitrogens with one attached hydrogen (secondary N) is 1. The van der Waals surface area contributed by atoms with Gasteiger partial charge in [0.25, 0.3) is 0 Å². The van der Waals surface area contributed by atoms with Crippen molar-refractivity contribution in [1.29, 1.82) is 0 Å². The highest BCUT2D eigenvalue weighted by Gasteiger charge is 2.28. The number of hydrogen-bond donors (Lipinski definition) is 2. The van der Waals surface area contributed by atoms with Gasteiger partial charge in [-0.2, -0.15) is 13.2 Å². The van der Waals surface area contributed by atoms with Gasteiger partial charge in [-0.25, -0.2) is 4.99 Å². The fourth-order valence-electron chi connectivity index (χ4n) is 1.70. The smallest absolute Gasteiger partial charge is 0.422 e. The first-order valence-corrected chi connectivity index (χ1v) is 7.31. The summed E-state index contributed by atoms with van der Waals surface area (Å²) in [7, 11) is 0. The minimum absolute atomic E-state index is 0.137. The zero-order valence-electron chi connectivity index (χ0n) is 13.0. The lowest BCUT2D eigenvalue weighted by molar-refractivity contribution is -0.153. The Hall–Kier alpha value is -1.96. The highest BCUT2D eigenvalue weighted by molar-refractivity contribution is 5.77. The zero-order valence-corrected chi connectivity index (χ0v) is 13.0. The number of alkyl halides is 3. The van der Waals surface area contributed by atoms with Gasteiger partial charge >= 0.3 is 6.18 Å². The lowest BCUT2D eigenvalue weighted by Crippen LogP contribution is -2.32. The van der Waals surface area contributed by atoms with Crippen LogP contribution in [-0.2, 0) is 11.3 Å². The van der Waals surface area contributed by atoms with Gasteiger partial charge in [-0.15, -0.1) is 0 Å². The summed E-state index contributed by atoms with van der Waals surface area (Å²) in [6.45, 7) is 2.63. The van der Waals surface area contributed by atoms with Crippen LogP contribution in [0.1, 0.15) is 18.9 Å². The lowest BCUT2D eigenvalue weighted by Gasteiger charge is -2.12. The van der Waals surface area contributed by atoms with Crippen LogP contribution in [0.2, 0.25) is 0 Å². The molecule has 8 heteroatoms. The van der Waals surface area contributed by atoms with Crippen LogP contribution in [0.4, 0.5) is 13.2 Å². The van der Waals surface area contributed by atoms with E-state index >= 15 is 0 Å². The average molecular weight is 333 g/mol. The number of hydrogen-bond acceptors (Lipinski definition) is 3. The molecule has 0 fully saturated rings. The van der Waals surface area contributed by atoms with E-state index in [4.69, 9.17) is 15.2 Å². The van der Waals surface area contributed by atoms with Gasteiger partial charge in [0.05, 0.1) is 6.54 Å². The summed E-state index contributed by atoms with van der Waals surface area (Å²) < 4.78 is 46.6. The highest BCUT2D eigenvalue weighted by atomic mass is 19.4. The van der Waals surface area contributed by atoms with E-state index in [0.717, 1.165) is 6.42 Å². The van der Waals surface area contributed by atoms with Gasteiger partial charge in [0.15, 0.2) is 12.6 Å². The molecular weight excluding hydrogens is 311 g/mol. The van der Waals surface area contributed by atoms with Crippen LogP contribution < -0.4 is 15.8 Å². The molecule has 23 heavy (non-hydrogen) atoms. The predicted octanol–water partition coefficient (Wildman–Crippen LogP) is 2.46. The number of para-hydroxylation sites is 1. The van der Waals surface area contributed by atoms with Gasteiger partial charge in [-0.3, -0.25) is 0 Å². The van der Waals surface area contributed by atoms with E-state index in [2.05, 4.69) is 10.3 Å². The maximum Gasteiger partial charge on any atom is 0.422 e. The van der Waals surface area contributed by atoms with Crippen molar-refractivity contribution >= 4 is 5.96 Å². The van der Waals surface area contributed by atoms with E-state index in [0.29, 0.717) is 25.3 Å². The summed E-state index contributed by atoms with van der Waals surface area (Å²) in [5.41, 5.74) is 6.24. The molecule has 0 unspecified atom stereocenters. The number of ether oxygens (including phenoxy) is 2. The number of halogens is 3. The molecule has 0 spiro atoms. The van der Waals surface area contributed by atoms with Crippen LogP contribution >= 0.6 is 0 Å². The van der Waals surface area contributed by atoms with Crippen LogP contribution in [0.3, 0.4) is 0 Å². The van der Waals surface area contributed by atoms with Crippen molar-refractivity contribution in [3.05, 3.63) is 29.8 Å². The van der Waals surface area contributed by atoms with E-state index < -0.39 is 12.8 Å². The molecule has 0 saturated heterocycles. The van der Waals surface area contributed by atoms with Crippen LogP contribution in [0, 0.1) is 0 Å². The number of aliphatic imine (C=N–C) groups is 1. The second-order valence-electron chi connectivity index (χ2n) is 4.69. The molecule has 0 bridgehead atoms. The monoisotopic (exact) mass is 333 g/mol. The Bertz CT molecular complexity index is 493. The van der Waals surface area contributed by atoms with Crippen molar-refractivity contribution in [2.24, 2.45) is 10.7 Å². The Kier molecular flexibility index (Phi) is 8.25. The molecule has 0 atom stereocenters. The number of rotatable bonds is 9. The summed E-state index contributed by atoms with van der Waals surface area (Å²) in [5, 5.41) is 2.91. The van der Waals surface area contributed by atoms with Gasteiger partial charge < -0.3 is 20.5 Å². The van der Waals surface area contributed by atoms with E-state index in [1.807, 2.05) is 6.92 Å². The predicted molar refractivity (Wildman–Crippen MR) is 82.4 cm³/mol. The zero-order chi connectivity index (χ0) is 17.1. The number of benzene rings is 1. The second kappa shape index (κ2) is 9.94. The van der Waals surface area contributed by atoms with Gasteiger partial charge in [0, 0.05) is 25.3 Å². The Morgan fingerprint density at radius 3 is 2.74 bits per heavy atom. The molecule has 1 aromatic carbocycles. The van der Waals surface area contributed by atoms with Gasteiger partial charge in [-0.1, -0.05) is 18.2 Å². The maximum atomic E-state index is 12.2. The molecule has 0 aliphatic heterocycles. The average Bonchev–Trinajstić information content (AvgIpc) is 2.50. The van der Waals surface area contributed by atoms with Gasteiger partial charge in [-0.05, 0) is 19.4 Å². The topological polar surface area (TPSA) is 68.9 Å². The van der Waals surface area contributed by atoms with Crippen molar-refractivity contribution in [3.8, 4) is 5.75 Å². The third-order valence-corrected chi connectivity index (χ3v) is 2.76. The first kappa shape index (κ1) is 19.1. The van der Waals surface area contributed by atoms with Crippen molar-refractivity contribution in [2.45, 2.75) is 26.1 Å². The quantitative estimate of drug-likeness (QED) is 0.414. The summed E-state index contributed by atoms with van der Waals surface area (Å²) in [6.07, 6.45) is -3.59. The van der Waals surface area contributed by atoms with E-state index in [1.54, 1.807) is 18.2 Å². The molecule has 1 aromatic rings. The molecule has 0 radical (unpaired) electrons. The normalized spacial score (nSPS) is 12.3. The number of guanidine groups is 1. The van der Waals surface area contributed by atoms with Crippen LogP contribution in [0.5, 0.6) is 5.75 Å². The number of nitrogens with zero attached hydrogens (tertiary/aromatic N) is 1. The Morgan fingerprint density at radius 1 is 1.30 bits per heavy atom. The Balaban J connectivity index is 2.48. The van der Waals surface area contributed by atoms with Gasteiger partial charge in [0.2, 0.25) is 0 Å². The molecule has 130 valence electrons. The fourth-order valence-corrected chi connectivity index (χ4v) is 1.70. The minimum atomic E-state index is -4.38. The maximum absolute atomic E-state index is 12.2. The molecule has 0 aliphatic rings. The summed E-state index contributed by atoms with van der Waals surface area (Å²) in [4.78, 5) is 4.10. The first-order valence-electron chi connectivity index (χ1n) is 7.31. The van der Waals surface area contributed by atoms with Gasteiger partial charge in [0.1, 0.15) is 5.75 Å². The van der Waals surface area contributed by atoms with Crippen molar-refractivity contribution in [3.63, 3.8) is 0 Å². The van der Waals surface area contributed by atoms with Crippen molar-refractivity contribution < 1.29 is 22.6 Å². The van der Waals surface area contributed by atoms with E-state index in [9.17, 15) is 13.2 Å². The highest BCUT2D eigenvalue weighted by Crippen LogP contribution is 2.22. The second-order valence-corrected chi connectivity index (χ2v) is 4.69. The SMILES string of the molecule is CCOCCCNC(N)=NCc1ccccc1OCC(F)(F)F. The molecular formula is C15H22F3N3O2. The Labute approximate surface area is 133 Å². The molecule has 1 rings (SSSR count). The molecule has 3 N–H and O–H groups in total. The van der Waals surface area contributed by atoms with E-state index in [1.165, 1.54) is 6.07 Å². The molecule has 0 saturated carbocycles. The first-order chi connectivity index (χ1) is 10.9. The molecule has 0 aromatic heterocycles. The molecule has 0 amide bonds. The third-order valence-electron chi connectivity index (χ3n) is 2.76. The lowest BCUT2D eigenvalue weighted by atomic mass is 10.2. The van der Waals surface area contributed by atoms with Crippen molar-refractivity contribution in [1.82, 2.24) is 5.32 Å². The van der Waals surface area contributed by atoms with Crippen LogP contribution in [0.15, 0.2) is 29.3 Å².